The van der Waals surface area contributed by atoms with Crippen molar-refractivity contribution in [2.45, 2.75) is 110 Å². The van der Waals surface area contributed by atoms with Gasteiger partial charge in [-0.05, 0) is 182 Å². The third-order valence-electron chi connectivity index (χ3n) is 16.9. The lowest BCUT2D eigenvalue weighted by atomic mass is 9.65. The summed E-state index contributed by atoms with van der Waals surface area (Å²) in [6, 6.07) is 88.0. The van der Waals surface area contributed by atoms with Crippen molar-refractivity contribution in [3.05, 3.63) is 275 Å². The molecule has 0 saturated carbocycles. The molecule has 0 heterocycles. The highest BCUT2D eigenvalue weighted by molar-refractivity contribution is 6.21. The molecule has 0 saturated heterocycles. The van der Waals surface area contributed by atoms with Gasteiger partial charge in [0.1, 0.15) is 0 Å². The van der Waals surface area contributed by atoms with Crippen LogP contribution < -0.4 is 9.80 Å². The van der Waals surface area contributed by atoms with Crippen LogP contribution >= 0.6 is 0 Å². The summed E-state index contributed by atoms with van der Waals surface area (Å²) in [5, 5.41) is 7.43. The topological polar surface area (TPSA) is 6.48 Å². The van der Waals surface area contributed by atoms with Crippen LogP contribution in [0.15, 0.2) is 231 Å². The standard InChI is InChI=1S/C77H74N2/c1-73(2,3)52-28-36-58(37-29-52)78(59-38-30-53(31-39-59)74(4,5)6)62-44-47-64-51(49-62)27-46-68-70-66-26-20-19-25-65(66)69-50-63(79(60-40-32-54(33-41-60)75(7,8)9)61-42-34-55(35-43-61)76(10,11)12)45-48-67(69)72(70)77(71(64)68,56-21-15-13-16-22-56)57-23-17-14-18-24-57/h13-50H,1-12H3. The summed E-state index contributed by atoms with van der Waals surface area (Å²) in [5.41, 5.74) is 19.2. The van der Waals surface area contributed by atoms with E-state index in [2.05, 4.69) is 323 Å². The third-order valence-corrected chi connectivity index (χ3v) is 16.9. The van der Waals surface area contributed by atoms with Gasteiger partial charge >= 0.3 is 0 Å². The average molecular weight is 1030 g/mol. The lowest BCUT2D eigenvalue weighted by Gasteiger charge is -2.36. The molecule has 0 aliphatic heterocycles. The molecule has 2 nitrogen and oxygen atoms in total. The van der Waals surface area contributed by atoms with Crippen LogP contribution in [0.1, 0.15) is 128 Å². The molecule has 12 rings (SSSR count). The van der Waals surface area contributed by atoms with Crippen molar-refractivity contribution in [3.63, 3.8) is 0 Å². The summed E-state index contributed by atoms with van der Waals surface area (Å²) in [6.45, 7) is 27.4. The Morgan fingerprint density at radius 1 is 0.266 bits per heavy atom. The molecule has 1 aliphatic carbocycles. The predicted octanol–water partition coefficient (Wildman–Crippen LogP) is 21.6. The molecule has 11 aromatic carbocycles. The molecule has 0 N–H and O–H groups in total. The summed E-state index contributed by atoms with van der Waals surface area (Å²) in [6.07, 6.45) is 0. The van der Waals surface area contributed by atoms with Crippen molar-refractivity contribution in [2.24, 2.45) is 0 Å². The third kappa shape index (κ3) is 8.91. The SMILES string of the molecule is CC(C)(C)c1ccc(N(c2ccc(C(C)(C)C)cc2)c2ccc3c4c(ccc3c2)-c2c(c3ccc(N(c5ccc(C(C)(C)C)cc5)c5ccc(C(C)(C)C)cc5)cc3c3ccccc23)C4(c2ccccc2)c2ccccc2)cc1. The van der Waals surface area contributed by atoms with E-state index in [1.165, 1.54) is 88.0 Å². The van der Waals surface area contributed by atoms with Gasteiger partial charge in [-0.2, -0.15) is 0 Å². The molecule has 79 heavy (non-hydrogen) atoms. The van der Waals surface area contributed by atoms with E-state index in [1.807, 2.05) is 0 Å². The number of benzene rings is 11. The zero-order chi connectivity index (χ0) is 55.2. The maximum absolute atomic E-state index is 2.47. The Bertz CT molecular complexity index is 3890. The van der Waals surface area contributed by atoms with Crippen LogP contribution in [0.2, 0.25) is 0 Å². The van der Waals surface area contributed by atoms with E-state index in [9.17, 15) is 0 Å². The van der Waals surface area contributed by atoms with E-state index in [0.29, 0.717) is 0 Å². The van der Waals surface area contributed by atoms with Crippen molar-refractivity contribution in [1.82, 2.24) is 0 Å². The molecule has 0 fully saturated rings. The lowest BCUT2D eigenvalue weighted by Crippen LogP contribution is -2.29. The summed E-state index contributed by atoms with van der Waals surface area (Å²) in [5.74, 6) is 0. The number of hydrogen-bond acceptors (Lipinski definition) is 2. The second-order valence-electron chi connectivity index (χ2n) is 26.3. The van der Waals surface area contributed by atoms with E-state index in [4.69, 9.17) is 0 Å². The molecule has 0 atom stereocenters. The molecule has 0 aromatic heterocycles. The van der Waals surface area contributed by atoms with E-state index in [-0.39, 0.29) is 21.7 Å². The minimum atomic E-state index is -0.686. The van der Waals surface area contributed by atoms with Crippen LogP contribution in [0, 0.1) is 0 Å². The highest BCUT2D eigenvalue weighted by Gasteiger charge is 2.49. The van der Waals surface area contributed by atoms with E-state index in [1.54, 1.807) is 0 Å². The number of nitrogens with zero attached hydrogens (tertiary/aromatic N) is 2. The molecular weight excluding hydrogens is 953 g/mol. The van der Waals surface area contributed by atoms with Crippen LogP contribution in [-0.2, 0) is 27.1 Å². The minimum absolute atomic E-state index is 0.0351. The molecular formula is C77H74N2. The van der Waals surface area contributed by atoms with Gasteiger partial charge in [-0.15, -0.1) is 0 Å². The van der Waals surface area contributed by atoms with Crippen LogP contribution in [0.5, 0.6) is 0 Å². The Kier molecular flexibility index (Phi) is 12.4. The molecule has 392 valence electrons. The average Bonchev–Trinajstić information content (AvgIpc) is 2.48. The molecule has 0 radical (unpaired) electrons. The smallest absolute Gasteiger partial charge is 0.0725 e. The number of hydrogen-bond donors (Lipinski definition) is 0. The molecule has 0 bridgehead atoms. The second kappa shape index (κ2) is 19.0. The van der Waals surface area contributed by atoms with E-state index >= 15 is 0 Å². The maximum Gasteiger partial charge on any atom is 0.0725 e. The molecule has 2 heteroatoms. The Labute approximate surface area is 470 Å². The van der Waals surface area contributed by atoms with Crippen molar-refractivity contribution < 1.29 is 0 Å². The predicted molar refractivity (Wildman–Crippen MR) is 340 cm³/mol. The van der Waals surface area contributed by atoms with Crippen molar-refractivity contribution in [2.75, 3.05) is 9.80 Å². The summed E-state index contributed by atoms with van der Waals surface area (Å²) >= 11 is 0. The molecule has 0 spiro atoms. The lowest BCUT2D eigenvalue weighted by molar-refractivity contribution is 0.590. The van der Waals surface area contributed by atoms with Gasteiger partial charge in [0, 0.05) is 34.1 Å². The Hall–Kier alpha value is -8.20. The maximum atomic E-state index is 2.47. The van der Waals surface area contributed by atoms with Gasteiger partial charge in [0.15, 0.2) is 0 Å². The zero-order valence-corrected chi connectivity index (χ0v) is 48.3. The van der Waals surface area contributed by atoms with Gasteiger partial charge in [0.05, 0.1) is 5.41 Å². The first kappa shape index (κ1) is 51.6. The molecule has 0 amide bonds. The number of fused-ring (bicyclic) bond motifs is 10. The van der Waals surface area contributed by atoms with Gasteiger partial charge in [-0.3, -0.25) is 0 Å². The van der Waals surface area contributed by atoms with Gasteiger partial charge in [0.2, 0.25) is 0 Å². The summed E-state index contributed by atoms with van der Waals surface area (Å²) in [7, 11) is 0. The fraction of sp³-hybridized carbons (Fsp3) is 0.221. The fourth-order valence-electron chi connectivity index (χ4n) is 12.6. The largest absolute Gasteiger partial charge is 0.310 e. The first-order valence-corrected chi connectivity index (χ1v) is 28.4. The van der Waals surface area contributed by atoms with E-state index < -0.39 is 5.41 Å². The van der Waals surface area contributed by atoms with Crippen LogP contribution in [0.25, 0.3) is 43.4 Å². The minimum Gasteiger partial charge on any atom is -0.310 e. The highest BCUT2D eigenvalue weighted by Crippen LogP contribution is 2.62. The van der Waals surface area contributed by atoms with E-state index in [0.717, 1.165) is 34.1 Å². The molecule has 0 unspecified atom stereocenters. The van der Waals surface area contributed by atoms with Crippen molar-refractivity contribution in [3.8, 4) is 11.1 Å². The number of anilines is 6. The van der Waals surface area contributed by atoms with Gasteiger partial charge in [-0.25, -0.2) is 0 Å². The van der Waals surface area contributed by atoms with Gasteiger partial charge < -0.3 is 9.80 Å². The second-order valence-corrected chi connectivity index (χ2v) is 26.3. The summed E-state index contributed by atoms with van der Waals surface area (Å²) in [4.78, 5) is 4.88. The molecule has 1 aliphatic rings. The Balaban J connectivity index is 1.12. The number of rotatable bonds is 8. The summed E-state index contributed by atoms with van der Waals surface area (Å²) < 4.78 is 0. The highest BCUT2D eigenvalue weighted by atomic mass is 15.1. The van der Waals surface area contributed by atoms with Crippen LogP contribution in [-0.4, -0.2) is 0 Å². The van der Waals surface area contributed by atoms with Crippen molar-refractivity contribution >= 4 is 66.4 Å². The van der Waals surface area contributed by atoms with Crippen molar-refractivity contribution in [1.29, 1.82) is 0 Å². The molecule has 11 aromatic rings. The fourth-order valence-corrected chi connectivity index (χ4v) is 12.6. The van der Waals surface area contributed by atoms with Gasteiger partial charge in [0.25, 0.3) is 0 Å². The quantitative estimate of drug-likeness (QED) is 0.140. The van der Waals surface area contributed by atoms with Crippen LogP contribution in [0.3, 0.4) is 0 Å². The Morgan fingerprint density at radius 3 is 1.03 bits per heavy atom. The monoisotopic (exact) mass is 1030 g/mol. The zero-order valence-electron chi connectivity index (χ0n) is 48.3. The first-order valence-electron chi connectivity index (χ1n) is 28.4. The Morgan fingerprint density at radius 2 is 0.620 bits per heavy atom. The normalized spacial score (nSPS) is 13.4. The first-order chi connectivity index (χ1) is 37.7. The van der Waals surface area contributed by atoms with Gasteiger partial charge in [-0.1, -0.05) is 241 Å². The van der Waals surface area contributed by atoms with Crippen LogP contribution in [0.4, 0.5) is 34.1 Å².